The van der Waals surface area contributed by atoms with Crippen LogP contribution in [0.3, 0.4) is 0 Å². The first-order valence-electron chi connectivity index (χ1n) is 9.91. The lowest BCUT2D eigenvalue weighted by molar-refractivity contribution is 0.0681. The Labute approximate surface area is 168 Å². The number of pyridine rings is 1. The van der Waals surface area contributed by atoms with Crippen molar-refractivity contribution in [3.63, 3.8) is 0 Å². The van der Waals surface area contributed by atoms with Crippen molar-refractivity contribution in [3.05, 3.63) is 36.8 Å². The monoisotopic (exact) mass is 392 g/mol. The maximum atomic E-state index is 5.64. The van der Waals surface area contributed by atoms with E-state index in [9.17, 15) is 0 Å². The van der Waals surface area contributed by atoms with Crippen LogP contribution in [-0.4, -0.2) is 50.9 Å². The van der Waals surface area contributed by atoms with Crippen LogP contribution >= 0.6 is 0 Å². The van der Waals surface area contributed by atoms with E-state index >= 15 is 0 Å². The van der Waals surface area contributed by atoms with Gasteiger partial charge in [-0.05, 0) is 49.4 Å². The standard InChI is InChI=1S/C21H24N6O2/c1-28-16-5-3-14(4-6-16)24-21-25-19-18(20(26-21)29-2)17(12-22-19)13-8-10-27-15(11-13)7-9-23-27/h7-12,14,16H,3-6H2,1-2H3,(H2,22,24,25,26). The van der Waals surface area contributed by atoms with Gasteiger partial charge in [0.15, 0.2) is 0 Å². The second kappa shape index (κ2) is 7.36. The summed E-state index contributed by atoms with van der Waals surface area (Å²) in [4.78, 5) is 12.6. The predicted octanol–water partition coefficient (Wildman–Crippen LogP) is 3.65. The minimum atomic E-state index is 0.349. The summed E-state index contributed by atoms with van der Waals surface area (Å²) in [5.41, 5.74) is 3.85. The van der Waals surface area contributed by atoms with Crippen LogP contribution in [0.2, 0.25) is 0 Å². The van der Waals surface area contributed by atoms with E-state index in [-0.39, 0.29) is 0 Å². The van der Waals surface area contributed by atoms with Crippen molar-refractivity contribution in [1.29, 1.82) is 0 Å². The first-order chi connectivity index (χ1) is 14.2. The number of methoxy groups -OCH3 is 2. The van der Waals surface area contributed by atoms with Crippen LogP contribution in [0.15, 0.2) is 36.8 Å². The summed E-state index contributed by atoms with van der Waals surface area (Å²) in [5, 5.41) is 8.61. The molecular formula is C21H24N6O2. The van der Waals surface area contributed by atoms with Gasteiger partial charge in [0.2, 0.25) is 11.8 Å². The van der Waals surface area contributed by atoms with E-state index in [4.69, 9.17) is 14.5 Å². The number of hydrogen-bond donors (Lipinski definition) is 2. The zero-order chi connectivity index (χ0) is 19.8. The number of aromatic nitrogens is 5. The number of fused-ring (bicyclic) bond motifs is 2. The van der Waals surface area contributed by atoms with Crippen molar-refractivity contribution < 1.29 is 9.47 Å². The van der Waals surface area contributed by atoms with E-state index in [0.717, 1.165) is 53.4 Å². The van der Waals surface area contributed by atoms with Gasteiger partial charge in [0.1, 0.15) is 5.65 Å². The van der Waals surface area contributed by atoms with Crippen molar-refractivity contribution in [1.82, 2.24) is 24.6 Å². The molecule has 5 rings (SSSR count). The third-order valence-electron chi connectivity index (χ3n) is 5.74. The quantitative estimate of drug-likeness (QED) is 0.539. The van der Waals surface area contributed by atoms with Crippen molar-refractivity contribution in [2.24, 2.45) is 0 Å². The van der Waals surface area contributed by atoms with Crippen molar-refractivity contribution in [3.8, 4) is 17.0 Å². The van der Waals surface area contributed by atoms with E-state index in [1.165, 1.54) is 0 Å². The lowest BCUT2D eigenvalue weighted by Gasteiger charge is -2.28. The molecule has 0 aromatic carbocycles. The molecule has 0 unspecified atom stereocenters. The van der Waals surface area contributed by atoms with Gasteiger partial charge in [-0.2, -0.15) is 15.1 Å². The average molecular weight is 392 g/mol. The molecule has 2 N–H and O–H groups in total. The number of H-pyrrole nitrogens is 1. The van der Waals surface area contributed by atoms with Gasteiger partial charge in [-0.3, -0.25) is 0 Å². The van der Waals surface area contributed by atoms with Gasteiger partial charge in [0.05, 0.1) is 24.1 Å². The largest absolute Gasteiger partial charge is 0.480 e. The first-order valence-corrected chi connectivity index (χ1v) is 9.91. The number of rotatable bonds is 5. The van der Waals surface area contributed by atoms with Crippen LogP contribution in [0.5, 0.6) is 5.88 Å². The Balaban J connectivity index is 1.47. The van der Waals surface area contributed by atoms with Crippen LogP contribution in [0, 0.1) is 0 Å². The van der Waals surface area contributed by atoms with E-state index in [0.29, 0.717) is 24.0 Å². The average Bonchev–Trinajstić information content (AvgIpc) is 3.40. The fraction of sp³-hybridized carbons (Fsp3) is 0.381. The SMILES string of the molecule is COc1nc(NC2CCC(OC)CC2)nc2[nH]cc(-c3ccn4nccc4c3)c12. The van der Waals surface area contributed by atoms with Crippen LogP contribution < -0.4 is 10.1 Å². The smallest absolute Gasteiger partial charge is 0.228 e. The van der Waals surface area contributed by atoms with Crippen molar-refractivity contribution >= 4 is 22.5 Å². The van der Waals surface area contributed by atoms with Gasteiger partial charge < -0.3 is 19.8 Å². The normalized spacial score (nSPS) is 19.7. The molecule has 0 saturated heterocycles. The van der Waals surface area contributed by atoms with E-state index in [2.05, 4.69) is 26.4 Å². The molecule has 1 saturated carbocycles. The summed E-state index contributed by atoms with van der Waals surface area (Å²) >= 11 is 0. The maximum Gasteiger partial charge on any atom is 0.228 e. The fourth-order valence-electron chi connectivity index (χ4n) is 4.15. The number of aromatic amines is 1. The van der Waals surface area contributed by atoms with Crippen LogP contribution in [0.25, 0.3) is 27.7 Å². The molecule has 1 aliphatic rings. The summed E-state index contributed by atoms with van der Waals surface area (Å²) in [6.45, 7) is 0. The van der Waals surface area contributed by atoms with Gasteiger partial charge >= 0.3 is 0 Å². The Morgan fingerprint density at radius 1 is 1.14 bits per heavy atom. The fourth-order valence-corrected chi connectivity index (χ4v) is 4.15. The highest BCUT2D eigenvalue weighted by atomic mass is 16.5. The third-order valence-corrected chi connectivity index (χ3v) is 5.74. The van der Waals surface area contributed by atoms with Crippen LogP contribution in [0.1, 0.15) is 25.7 Å². The maximum absolute atomic E-state index is 5.64. The van der Waals surface area contributed by atoms with Gasteiger partial charge in [0, 0.05) is 37.3 Å². The van der Waals surface area contributed by atoms with Gasteiger partial charge in [-0.25, -0.2) is 4.52 Å². The molecule has 4 aromatic heterocycles. The second-order valence-corrected chi connectivity index (χ2v) is 7.45. The van der Waals surface area contributed by atoms with Crippen LogP contribution in [0.4, 0.5) is 5.95 Å². The molecule has 0 bridgehead atoms. The molecule has 8 nitrogen and oxygen atoms in total. The number of hydrogen-bond acceptors (Lipinski definition) is 6. The summed E-state index contributed by atoms with van der Waals surface area (Å²) in [5.74, 6) is 1.16. The number of anilines is 1. The zero-order valence-electron chi connectivity index (χ0n) is 16.6. The summed E-state index contributed by atoms with van der Waals surface area (Å²) < 4.78 is 12.9. The third kappa shape index (κ3) is 3.29. The highest BCUT2D eigenvalue weighted by Crippen LogP contribution is 2.35. The zero-order valence-corrected chi connectivity index (χ0v) is 16.6. The van der Waals surface area contributed by atoms with Gasteiger partial charge in [-0.15, -0.1) is 0 Å². The minimum absolute atomic E-state index is 0.349. The summed E-state index contributed by atoms with van der Waals surface area (Å²) in [7, 11) is 3.43. The minimum Gasteiger partial charge on any atom is -0.480 e. The molecule has 8 heteroatoms. The highest BCUT2D eigenvalue weighted by molar-refractivity contribution is 5.98. The van der Waals surface area contributed by atoms with Crippen LogP contribution in [-0.2, 0) is 4.74 Å². The Morgan fingerprint density at radius 3 is 2.79 bits per heavy atom. The Hall–Kier alpha value is -3.13. The molecule has 0 spiro atoms. The molecular weight excluding hydrogens is 368 g/mol. The van der Waals surface area contributed by atoms with E-state index < -0.39 is 0 Å². The summed E-state index contributed by atoms with van der Waals surface area (Å²) in [6, 6.07) is 6.45. The molecule has 1 aliphatic carbocycles. The van der Waals surface area contributed by atoms with Gasteiger partial charge in [-0.1, -0.05) is 0 Å². The number of nitrogens with zero attached hydrogens (tertiary/aromatic N) is 4. The molecule has 4 heterocycles. The van der Waals surface area contributed by atoms with Crippen molar-refractivity contribution in [2.45, 2.75) is 37.8 Å². The molecule has 150 valence electrons. The lowest BCUT2D eigenvalue weighted by Crippen LogP contribution is -2.29. The van der Waals surface area contributed by atoms with Gasteiger partial charge in [0.25, 0.3) is 0 Å². The lowest BCUT2D eigenvalue weighted by atomic mass is 9.93. The molecule has 1 fully saturated rings. The number of ether oxygens (including phenoxy) is 2. The molecule has 0 radical (unpaired) electrons. The Bertz CT molecular complexity index is 1140. The Kier molecular flexibility index (Phi) is 4.55. The van der Waals surface area contributed by atoms with E-state index in [1.807, 2.05) is 29.0 Å². The second-order valence-electron chi connectivity index (χ2n) is 7.45. The highest BCUT2D eigenvalue weighted by Gasteiger charge is 2.22. The predicted molar refractivity (Wildman–Crippen MR) is 111 cm³/mol. The van der Waals surface area contributed by atoms with Crippen molar-refractivity contribution in [2.75, 3.05) is 19.5 Å². The molecule has 0 aliphatic heterocycles. The number of nitrogens with one attached hydrogen (secondary N) is 2. The topological polar surface area (TPSA) is 89.4 Å². The Morgan fingerprint density at radius 2 is 2.00 bits per heavy atom. The summed E-state index contributed by atoms with van der Waals surface area (Å²) in [6.07, 6.45) is 10.3. The molecule has 29 heavy (non-hydrogen) atoms. The molecule has 0 amide bonds. The molecule has 4 aromatic rings. The first kappa shape index (κ1) is 17.9. The molecule has 0 atom stereocenters. The van der Waals surface area contributed by atoms with E-state index in [1.54, 1.807) is 20.4 Å².